The Morgan fingerprint density at radius 2 is 1.70 bits per heavy atom. The first-order valence-corrected chi connectivity index (χ1v) is 14.6. The quantitative estimate of drug-likeness (QED) is 0.300. The first-order chi connectivity index (χ1) is 20.7. The fourth-order valence-corrected chi connectivity index (χ4v) is 6.12. The van der Waals surface area contributed by atoms with E-state index in [4.69, 9.17) is 18.6 Å². The zero-order valence-electron chi connectivity index (χ0n) is 24.1. The minimum absolute atomic E-state index is 0.0298. The highest BCUT2D eigenvalue weighted by molar-refractivity contribution is 6.36. The fraction of sp³-hybridized carbons (Fsp3) is 0.387. The Morgan fingerprint density at radius 3 is 2.33 bits per heavy atom. The lowest BCUT2D eigenvalue weighted by Gasteiger charge is -2.42. The number of hydrogen-bond acceptors (Lipinski definition) is 8. The van der Waals surface area contributed by atoms with Crippen molar-refractivity contribution < 1.29 is 19.8 Å². The molecule has 5 heterocycles. The molecule has 0 unspecified atom stereocenters. The number of benzene rings is 1. The molecule has 2 saturated heterocycles. The largest absolute Gasteiger partial charge is 0.384 e. The molecular weight excluding hydrogens is 545 g/mol. The number of likely N-dealkylation sites (tertiary alicyclic amines) is 2. The van der Waals surface area contributed by atoms with Crippen molar-refractivity contribution in [2.45, 2.75) is 50.2 Å². The lowest BCUT2D eigenvalue weighted by Crippen LogP contribution is -2.57. The Morgan fingerprint density at radius 1 is 1.00 bits per heavy atom. The van der Waals surface area contributed by atoms with Gasteiger partial charge in [-0.2, -0.15) is 9.61 Å². The smallest absolute Gasteiger partial charge is 0.254 e. The molecule has 2 fully saturated rings. The molecule has 4 N–H and O–H groups in total. The van der Waals surface area contributed by atoms with Crippen LogP contribution in [0.4, 0.5) is 5.82 Å². The van der Waals surface area contributed by atoms with E-state index in [2.05, 4.69) is 10.1 Å². The summed E-state index contributed by atoms with van der Waals surface area (Å²) in [6.45, 7) is 2.73. The van der Waals surface area contributed by atoms with Gasteiger partial charge in [0, 0.05) is 73.5 Å². The van der Waals surface area contributed by atoms with E-state index in [9.17, 15) is 19.8 Å². The molecule has 3 aromatic heterocycles. The number of fused-ring (bicyclic) bond motifs is 1. The van der Waals surface area contributed by atoms with Gasteiger partial charge in [-0.25, -0.2) is 4.98 Å². The normalized spacial score (nSPS) is 18.1. The summed E-state index contributed by atoms with van der Waals surface area (Å²) in [7, 11) is 6.47. The van der Waals surface area contributed by atoms with E-state index in [0.29, 0.717) is 48.6 Å². The summed E-state index contributed by atoms with van der Waals surface area (Å²) in [6, 6.07) is 13.9. The third-order valence-electron chi connectivity index (χ3n) is 8.72. The monoisotopic (exact) mass is 579 g/mol. The van der Waals surface area contributed by atoms with Crippen molar-refractivity contribution in [3.05, 3.63) is 60.6 Å². The number of anilines is 1. The highest BCUT2D eigenvalue weighted by atomic mass is 16.3. The van der Waals surface area contributed by atoms with Crippen molar-refractivity contribution in [1.82, 2.24) is 29.4 Å². The van der Waals surface area contributed by atoms with Gasteiger partial charge in [0.05, 0.1) is 11.9 Å². The number of carbonyl (C=O) groups excluding carboxylic acids is 2. The standard InChI is InChI=1S/C31H34BN7O4/c1-19(40)29(41)37-15-11-31(43,12-16-37)30(42)38-13-9-21(10-14-38)26-25(32)27(33)39-28(36-26)23(18-35-39)22-7-8-24(34-17-22)20-5-3-2-4-6-20/h2-8,17-19,21,40,43H,9-16,33H2,1H3/t19-/m1/s1. The summed E-state index contributed by atoms with van der Waals surface area (Å²) >= 11 is 0. The van der Waals surface area contributed by atoms with E-state index in [-0.39, 0.29) is 37.8 Å². The second-order valence-corrected chi connectivity index (χ2v) is 11.5. The maximum atomic E-state index is 13.4. The van der Waals surface area contributed by atoms with Crippen molar-refractivity contribution in [3.63, 3.8) is 0 Å². The zero-order chi connectivity index (χ0) is 30.3. The Hall–Kier alpha value is -4.29. The number of nitrogens with zero attached hydrogens (tertiary/aromatic N) is 6. The van der Waals surface area contributed by atoms with Gasteiger partial charge in [0.1, 0.15) is 25.4 Å². The number of aliphatic hydroxyl groups is 2. The Balaban J connectivity index is 1.17. The van der Waals surface area contributed by atoms with Gasteiger partial charge in [-0.1, -0.05) is 36.4 Å². The summed E-state index contributed by atoms with van der Waals surface area (Å²) in [5.41, 5.74) is 10.1. The van der Waals surface area contributed by atoms with Crippen LogP contribution in [0.15, 0.2) is 54.9 Å². The van der Waals surface area contributed by atoms with Crippen LogP contribution in [0.25, 0.3) is 28.0 Å². The van der Waals surface area contributed by atoms with E-state index in [1.807, 2.05) is 42.5 Å². The fourth-order valence-electron chi connectivity index (χ4n) is 6.12. The molecule has 4 aromatic rings. The maximum absolute atomic E-state index is 13.4. The third-order valence-corrected chi connectivity index (χ3v) is 8.72. The minimum Gasteiger partial charge on any atom is -0.384 e. The predicted molar refractivity (Wildman–Crippen MR) is 162 cm³/mol. The molecule has 43 heavy (non-hydrogen) atoms. The van der Waals surface area contributed by atoms with Crippen LogP contribution in [0.3, 0.4) is 0 Å². The van der Waals surface area contributed by atoms with Gasteiger partial charge in [-0.15, -0.1) is 0 Å². The number of hydrogen-bond donors (Lipinski definition) is 3. The number of nitrogen functional groups attached to an aromatic ring is 1. The van der Waals surface area contributed by atoms with Gasteiger partial charge < -0.3 is 25.7 Å². The third kappa shape index (κ3) is 5.36. The molecule has 6 rings (SSSR count). The maximum Gasteiger partial charge on any atom is 0.254 e. The lowest BCUT2D eigenvalue weighted by molar-refractivity contribution is -0.161. The van der Waals surface area contributed by atoms with Crippen molar-refractivity contribution in [2.24, 2.45) is 0 Å². The Bertz CT molecular complexity index is 1640. The second kappa shape index (κ2) is 11.4. The lowest BCUT2D eigenvalue weighted by atomic mass is 9.83. The number of piperidine rings is 2. The molecule has 12 heteroatoms. The highest BCUT2D eigenvalue weighted by Gasteiger charge is 2.44. The number of nitrogens with two attached hydrogens (primary N) is 1. The number of aliphatic hydroxyl groups excluding tert-OH is 1. The summed E-state index contributed by atoms with van der Waals surface area (Å²) in [5.74, 6) is -0.432. The van der Waals surface area contributed by atoms with Gasteiger partial charge >= 0.3 is 0 Å². The van der Waals surface area contributed by atoms with Gasteiger partial charge in [0.25, 0.3) is 11.8 Å². The predicted octanol–water partition coefficient (Wildman–Crippen LogP) is 1.27. The summed E-state index contributed by atoms with van der Waals surface area (Å²) < 4.78 is 1.54. The molecule has 0 aliphatic carbocycles. The number of rotatable bonds is 5. The van der Waals surface area contributed by atoms with Crippen molar-refractivity contribution in [1.29, 1.82) is 0 Å². The van der Waals surface area contributed by atoms with E-state index in [0.717, 1.165) is 22.4 Å². The van der Waals surface area contributed by atoms with Crippen LogP contribution in [-0.2, 0) is 9.59 Å². The molecule has 1 atom stereocenters. The SMILES string of the molecule is [B]c1c(C2CCN(C(=O)C3(O)CCN(C(=O)[C@@H](C)O)CC3)CC2)nc2c(-c3ccc(-c4ccccc4)nc3)cnn2c1N. The Kier molecular flexibility index (Phi) is 7.65. The zero-order valence-corrected chi connectivity index (χ0v) is 24.1. The van der Waals surface area contributed by atoms with Crippen LogP contribution < -0.4 is 11.2 Å². The summed E-state index contributed by atoms with van der Waals surface area (Å²) in [5, 5.41) is 25.2. The number of pyridine rings is 1. The van der Waals surface area contributed by atoms with Crippen LogP contribution in [0, 0.1) is 0 Å². The van der Waals surface area contributed by atoms with Gasteiger partial charge in [-0.3, -0.25) is 14.6 Å². The molecule has 2 aliphatic heterocycles. The van der Waals surface area contributed by atoms with Crippen molar-refractivity contribution in [2.75, 3.05) is 31.9 Å². The second-order valence-electron chi connectivity index (χ2n) is 11.5. The van der Waals surface area contributed by atoms with Crippen LogP contribution in [0.1, 0.15) is 44.2 Å². The van der Waals surface area contributed by atoms with E-state index in [1.54, 1.807) is 21.8 Å². The van der Waals surface area contributed by atoms with Crippen LogP contribution >= 0.6 is 0 Å². The first-order valence-electron chi connectivity index (χ1n) is 14.6. The summed E-state index contributed by atoms with van der Waals surface area (Å²) in [6.07, 6.45) is 3.89. The topological polar surface area (TPSA) is 150 Å². The first kappa shape index (κ1) is 28.8. The molecule has 1 aromatic carbocycles. The number of amides is 2. The molecule has 220 valence electrons. The van der Waals surface area contributed by atoms with E-state index < -0.39 is 17.6 Å². The van der Waals surface area contributed by atoms with Gasteiger partial charge in [0.15, 0.2) is 5.65 Å². The average Bonchev–Trinajstić information content (AvgIpc) is 3.47. The van der Waals surface area contributed by atoms with Crippen LogP contribution in [-0.4, -0.2) is 97.1 Å². The number of carbonyl (C=O) groups is 2. The molecule has 0 spiro atoms. The molecule has 2 aliphatic rings. The highest BCUT2D eigenvalue weighted by Crippen LogP contribution is 2.33. The van der Waals surface area contributed by atoms with Crippen molar-refractivity contribution >= 4 is 36.6 Å². The van der Waals surface area contributed by atoms with Crippen LogP contribution in [0.2, 0.25) is 0 Å². The van der Waals surface area contributed by atoms with Crippen LogP contribution in [0.5, 0.6) is 0 Å². The van der Waals surface area contributed by atoms with E-state index >= 15 is 0 Å². The number of aromatic nitrogens is 4. The average molecular weight is 579 g/mol. The Labute approximate surface area is 250 Å². The molecule has 2 amide bonds. The van der Waals surface area contributed by atoms with Crippen molar-refractivity contribution in [3.8, 4) is 22.4 Å². The molecular formula is C31H34BN7O4. The molecule has 0 saturated carbocycles. The molecule has 11 nitrogen and oxygen atoms in total. The van der Waals surface area contributed by atoms with E-state index in [1.165, 1.54) is 11.8 Å². The van der Waals surface area contributed by atoms with Gasteiger partial charge in [-0.05, 0) is 31.3 Å². The van der Waals surface area contributed by atoms with Gasteiger partial charge in [0.2, 0.25) is 0 Å². The minimum atomic E-state index is -1.53. The summed E-state index contributed by atoms with van der Waals surface area (Å²) in [4.78, 5) is 38.2. The molecule has 0 bridgehead atoms. The molecule has 2 radical (unpaired) electrons.